The minimum atomic E-state index is -0.372. The van der Waals surface area contributed by atoms with Gasteiger partial charge in [0.25, 0.3) is 5.91 Å². The molecule has 4 aromatic rings. The van der Waals surface area contributed by atoms with Crippen molar-refractivity contribution >= 4 is 40.1 Å². The van der Waals surface area contributed by atoms with E-state index in [2.05, 4.69) is 5.32 Å². The Balaban J connectivity index is 1.41. The third-order valence-electron chi connectivity index (χ3n) is 6.54. The number of methoxy groups -OCH3 is 1. The second-order valence-corrected chi connectivity index (χ2v) is 10.3. The molecule has 7 heteroatoms. The largest absolute Gasteiger partial charge is 0.465 e. The number of hydrogen-bond donors (Lipinski definition) is 1. The number of anilines is 1. The molecule has 0 saturated carbocycles. The number of furan rings is 1. The lowest BCUT2D eigenvalue weighted by Gasteiger charge is -2.13. The van der Waals surface area contributed by atoms with Gasteiger partial charge >= 0.3 is 5.97 Å². The average Bonchev–Trinajstić information content (AvgIpc) is 3.52. The number of thiophene rings is 1. The molecule has 0 unspecified atom stereocenters. The Morgan fingerprint density at radius 3 is 2.57 bits per heavy atom. The summed E-state index contributed by atoms with van der Waals surface area (Å²) in [6.07, 6.45) is 5.75. The van der Waals surface area contributed by atoms with Crippen molar-refractivity contribution in [2.24, 2.45) is 4.99 Å². The maximum Gasteiger partial charge on any atom is 0.337 e. The van der Waals surface area contributed by atoms with Gasteiger partial charge in [0.1, 0.15) is 16.5 Å². The molecule has 1 aliphatic rings. The van der Waals surface area contributed by atoms with E-state index in [9.17, 15) is 9.59 Å². The lowest BCUT2D eigenvalue weighted by molar-refractivity contribution is 0.0600. The van der Waals surface area contributed by atoms with Crippen LogP contribution in [0.4, 0.5) is 10.7 Å². The van der Waals surface area contributed by atoms with Crippen molar-refractivity contribution in [2.45, 2.75) is 39.5 Å². The van der Waals surface area contributed by atoms with E-state index >= 15 is 0 Å². The molecule has 2 aromatic carbocycles. The summed E-state index contributed by atoms with van der Waals surface area (Å²) in [4.78, 5) is 31.1. The number of fused-ring (bicyclic) bond motifs is 1. The second-order valence-electron chi connectivity index (χ2n) is 9.19. The Morgan fingerprint density at radius 1 is 1.03 bits per heavy atom. The molecule has 6 nitrogen and oxygen atoms in total. The molecular formula is C30H28N2O4S. The number of hydrogen-bond acceptors (Lipinski definition) is 6. The van der Waals surface area contributed by atoms with Gasteiger partial charge in [0, 0.05) is 16.1 Å². The first kappa shape index (κ1) is 24.7. The lowest BCUT2D eigenvalue weighted by atomic mass is 9.95. The molecule has 1 amide bonds. The van der Waals surface area contributed by atoms with Gasteiger partial charge in [0.05, 0.1) is 24.5 Å². The fraction of sp³-hybridized carbons (Fsp3) is 0.233. The highest BCUT2D eigenvalue weighted by Gasteiger charge is 2.25. The molecule has 0 saturated heterocycles. The van der Waals surface area contributed by atoms with Gasteiger partial charge in [0.15, 0.2) is 0 Å². The number of nitrogens with zero attached hydrogens (tertiary/aromatic N) is 1. The second kappa shape index (κ2) is 10.6. The summed E-state index contributed by atoms with van der Waals surface area (Å²) in [7, 11) is 1.37. The first-order chi connectivity index (χ1) is 17.9. The highest BCUT2D eigenvalue weighted by Crippen LogP contribution is 2.40. The summed E-state index contributed by atoms with van der Waals surface area (Å²) in [6, 6.07) is 16.9. The molecule has 0 bridgehead atoms. The fourth-order valence-corrected chi connectivity index (χ4v) is 5.81. The molecule has 0 fully saturated rings. The van der Waals surface area contributed by atoms with Crippen molar-refractivity contribution in [1.82, 2.24) is 0 Å². The lowest BCUT2D eigenvalue weighted by Crippen LogP contribution is -2.14. The molecule has 1 aliphatic carbocycles. The molecule has 5 rings (SSSR count). The van der Waals surface area contributed by atoms with Crippen LogP contribution in [0.1, 0.15) is 60.9 Å². The summed E-state index contributed by atoms with van der Waals surface area (Å²) in [5, 5.41) is 3.75. The summed E-state index contributed by atoms with van der Waals surface area (Å²) in [5.41, 5.74) is 5.98. The maximum atomic E-state index is 13.4. The first-order valence-corrected chi connectivity index (χ1v) is 13.1. The van der Waals surface area contributed by atoms with Crippen LogP contribution in [0.3, 0.4) is 0 Å². The van der Waals surface area contributed by atoms with E-state index in [-0.39, 0.29) is 11.9 Å². The van der Waals surface area contributed by atoms with Crippen molar-refractivity contribution in [2.75, 3.05) is 12.4 Å². The molecule has 0 radical (unpaired) electrons. The van der Waals surface area contributed by atoms with Gasteiger partial charge in [-0.15, -0.1) is 11.3 Å². The van der Waals surface area contributed by atoms with Crippen LogP contribution >= 0.6 is 11.3 Å². The average molecular weight is 513 g/mol. The van der Waals surface area contributed by atoms with Crippen molar-refractivity contribution < 1.29 is 18.7 Å². The zero-order valence-electron chi connectivity index (χ0n) is 21.1. The zero-order valence-corrected chi connectivity index (χ0v) is 21.9. The first-order valence-electron chi connectivity index (χ1n) is 12.3. The summed E-state index contributed by atoms with van der Waals surface area (Å²) in [6.45, 7) is 3.94. The van der Waals surface area contributed by atoms with E-state index in [0.717, 1.165) is 53.6 Å². The van der Waals surface area contributed by atoms with Crippen LogP contribution in [-0.4, -0.2) is 25.2 Å². The number of nitrogens with one attached hydrogen (secondary N) is 1. The number of benzene rings is 2. The standard InChI is InChI=1S/C30H28N2O4S/c1-18-8-11-21(12-9-18)32-28(33)27-24-6-4-5-7-26(24)37-29(27)31-17-22-13-15-25(36-22)23-14-10-20(16-19(23)2)30(34)35-3/h8-17H,4-7H2,1-3H3,(H,32,33). The molecule has 2 aromatic heterocycles. The molecule has 188 valence electrons. The quantitative estimate of drug-likeness (QED) is 0.217. The monoisotopic (exact) mass is 512 g/mol. The van der Waals surface area contributed by atoms with E-state index in [0.29, 0.717) is 27.6 Å². The number of carbonyl (C=O) groups excluding carboxylic acids is 2. The number of ether oxygens (including phenoxy) is 1. The summed E-state index contributed by atoms with van der Waals surface area (Å²) >= 11 is 1.59. The molecule has 37 heavy (non-hydrogen) atoms. The highest BCUT2D eigenvalue weighted by atomic mass is 32.1. The molecule has 0 atom stereocenters. The molecule has 2 heterocycles. The van der Waals surface area contributed by atoms with Gasteiger partial charge in [-0.3, -0.25) is 4.79 Å². The van der Waals surface area contributed by atoms with Crippen molar-refractivity contribution in [3.8, 4) is 11.3 Å². The third kappa shape index (κ3) is 5.27. The van der Waals surface area contributed by atoms with E-state index in [4.69, 9.17) is 14.1 Å². The minimum absolute atomic E-state index is 0.128. The van der Waals surface area contributed by atoms with E-state index in [1.807, 2.05) is 56.3 Å². The van der Waals surface area contributed by atoms with Gasteiger partial charge in [-0.1, -0.05) is 23.8 Å². The van der Waals surface area contributed by atoms with Crippen LogP contribution in [0.5, 0.6) is 0 Å². The van der Waals surface area contributed by atoms with Crippen LogP contribution in [0.15, 0.2) is 64.0 Å². The maximum absolute atomic E-state index is 13.4. The molecule has 1 N–H and O–H groups in total. The molecule has 0 spiro atoms. The Bertz CT molecular complexity index is 1490. The van der Waals surface area contributed by atoms with Crippen LogP contribution in [0.2, 0.25) is 0 Å². The third-order valence-corrected chi connectivity index (χ3v) is 7.74. The van der Waals surface area contributed by atoms with Gasteiger partial charge in [-0.25, -0.2) is 9.79 Å². The topological polar surface area (TPSA) is 80.9 Å². The van der Waals surface area contributed by atoms with Crippen LogP contribution in [-0.2, 0) is 17.6 Å². The normalized spacial score (nSPS) is 12.9. The molecular weight excluding hydrogens is 484 g/mol. The Hall–Kier alpha value is -3.97. The number of aliphatic imine (C=N–C) groups is 1. The van der Waals surface area contributed by atoms with Crippen molar-refractivity contribution in [3.63, 3.8) is 0 Å². The van der Waals surface area contributed by atoms with E-state index < -0.39 is 0 Å². The van der Waals surface area contributed by atoms with Crippen LogP contribution < -0.4 is 5.32 Å². The molecule has 0 aliphatic heterocycles. The van der Waals surface area contributed by atoms with E-state index in [1.165, 1.54) is 12.0 Å². The number of rotatable bonds is 6. The fourth-order valence-electron chi connectivity index (χ4n) is 4.58. The van der Waals surface area contributed by atoms with Gasteiger partial charge in [0.2, 0.25) is 0 Å². The van der Waals surface area contributed by atoms with Crippen molar-refractivity contribution in [1.29, 1.82) is 0 Å². The van der Waals surface area contributed by atoms with Crippen molar-refractivity contribution in [3.05, 3.63) is 93.1 Å². The SMILES string of the molecule is COC(=O)c1ccc(-c2ccc(C=Nc3sc4c(c3C(=O)Nc3ccc(C)cc3)CCCC4)o2)c(C)c1. The predicted molar refractivity (Wildman–Crippen MR) is 148 cm³/mol. The highest BCUT2D eigenvalue weighted by molar-refractivity contribution is 7.16. The zero-order chi connectivity index (χ0) is 25.9. The Morgan fingerprint density at radius 2 is 1.81 bits per heavy atom. The van der Waals surface area contributed by atoms with Gasteiger partial charge in [-0.2, -0.15) is 0 Å². The Labute approximate surface area is 220 Å². The van der Waals surface area contributed by atoms with Gasteiger partial charge < -0.3 is 14.5 Å². The van der Waals surface area contributed by atoms with Gasteiger partial charge in [-0.05, 0) is 87.1 Å². The Kier molecular flexibility index (Phi) is 7.06. The summed E-state index contributed by atoms with van der Waals surface area (Å²) < 4.78 is 10.8. The number of amides is 1. The number of aryl methyl sites for hydroxylation is 3. The van der Waals surface area contributed by atoms with Crippen LogP contribution in [0, 0.1) is 13.8 Å². The number of carbonyl (C=O) groups is 2. The smallest absolute Gasteiger partial charge is 0.337 e. The van der Waals surface area contributed by atoms with E-state index in [1.54, 1.807) is 29.7 Å². The summed E-state index contributed by atoms with van der Waals surface area (Å²) in [5.74, 6) is 0.764. The number of esters is 1. The minimum Gasteiger partial charge on any atom is -0.465 e. The predicted octanol–water partition coefficient (Wildman–Crippen LogP) is 7.29. The van der Waals surface area contributed by atoms with Crippen LogP contribution in [0.25, 0.3) is 11.3 Å².